The molecule has 1 atom stereocenters. The lowest BCUT2D eigenvalue weighted by molar-refractivity contribution is -0.137. The van der Waals surface area contributed by atoms with Crippen LogP contribution in [0.15, 0.2) is 53.4 Å². The molecule has 2 aromatic rings. The van der Waals surface area contributed by atoms with Crippen LogP contribution in [0, 0.1) is 5.92 Å². The topological polar surface area (TPSA) is 72.5 Å². The maximum Gasteiger partial charge on any atom is 0.330 e. The molecule has 148 valence electrons. The maximum atomic E-state index is 12.4. The van der Waals surface area contributed by atoms with Crippen LogP contribution in [-0.2, 0) is 32.4 Å². The zero-order valence-corrected chi connectivity index (χ0v) is 17.1. The minimum absolute atomic E-state index is 0.196. The fraction of sp³-hybridized carbons (Fsp3) is 0.286. The molecule has 1 aliphatic carbocycles. The van der Waals surface area contributed by atoms with Gasteiger partial charge in [-0.2, -0.15) is 0 Å². The van der Waals surface area contributed by atoms with Crippen LogP contribution in [0.1, 0.15) is 23.6 Å². The Labute approximate surface area is 170 Å². The summed E-state index contributed by atoms with van der Waals surface area (Å²) in [4.78, 5) is 11.6. The van der Waals surface area contributed by atoms with Crippen molar-refractivity contribution in [1.82, 2.24) is 4.72 Å². The number of esters is 1. The third-order valence-electron chi connectivity index (χ3n) is 4.63. The summed E-state index contributed by atoms with van der Waals surface area (Å²) in [6.45, 7) is 2.48. The number of ether oxygens (including phenoxy) is 1. The Balaban J connectivity index is 1.60. The van der Waals surface area contributed by atoms with E-state index in [-0.39, 0.29) is 16.8 Å². The zero-order chi connectivity index (χ0) is 20.1. The summed E-state index contributed by atoms with van der Waals surface area (Å²) in [5.74, 6) is -0.168. The van der Waals surface area contributed by atoms with Crippen LogP contribution in [0.2, 0.25) is 5.02 Å². The van der Waals surface area contributed by atoms with Crippen molar-refractivity contribution in [2.45, 2.75) is 24.7 Å². The highest BCUT2D eigenvalue weighted by Gasteiger charge is 2.24. The standard InChI is InChI=1S/C21H22ClNO4S/c1-2-27-21(24)10-4-15-3-5-17-12-16(13-18(17)11-15)14-23-28(25,26)20-8-6-19(22)7-9-20/h3-11,16,23H,2,12-14H2,1H3/b10-4+. The molecule has 0 heterocycles. The van der Waals surface area contributed by atoms with Gasteiger partial charge in [0, 0.05) is 17.6 Å². The second-order valence-electron chi connectivity index (χ2n) is 6.69. The fourth-order valence-corrected chi connectivity index (χ4v) is 4.50. The monoisotopic (exact) mass is 419 g/mol. The number of carbonyl (C=O) groups excluding carboxylic acids is 1. The number of rotatable bonds is 7. The van der Waals surface area contributed by atoms with Crippen molar-refractivity contribution in [2.24, 2.45) is 5.92 Å². The van der Waals surface area contributed by atoms with Crippen molar-refractivity contribution in [3.63, 3.8) is 0 Å². The molecule has 28 heavy (non-hydrogen) atoms. The molecule has 0 saturated heterocycles. The van der Waals surface area contributed by atoms with E-state index in [1.54, 1.807) is 25.1 Å². The van der Waals surface area contributed by atoms with E-state index in [1.165, 1.54) is 29.3 Å². The SMILES string of the molecule is CCOC(=O)/C=C/c1ccc2c(c1)CC(CNS(=O)(=O)c1ccc(Cl)cc1)C2. The predicted octanol–water partition coefficient (Wildman–Crippen LogP) is 3.61. The minimum Gasteiger partial charge on any atom is -0.463 e. The number of fused-ring (bicyclic) bond motifs is 1. The number of nitrogens with one attached hydrogen (secondary N) is 1. The van der Waals surface area contributed by atoms with Crippen LogP contribution in [0.5, 0.6) is 0 Å². The molecular formula is C21H22ClNO4S. The number of benzene rings is 2. The second-order valence-corrected chi connectivity index (χ2v) is 8.90. The number of sulfonamides is 1. The van der Waals surface area contributed by atoms with Gasteiger partial charge in [0.15, 0.2) is 0 Å². The first-order chi connectivity index (χ1) is 13.4. The smallest absolute Gasteiger partial charge is 0.330 e. The van der Waals surface area contributed by atoms with Crippen LogP contribution in [-0.4, -0.2) is 27.5 Å². The molecule has 0 fully saturated rings. The normalized spacial score (nSPS) is 16.3. The Hall–Kier alpha value is -2.15. The van der Waals surface area contributed by atoms with Crippen molar-refractivity contribution in [2.75, 3.05) is 13.2 Å². The van der Waals surface area contributed by atoms with E-state index in [0.717, 1.165) is 18.4 Å². The third-order valence-corrected chi connectivity index (χ3v) is 6.32. The van der Waals surface area contributed by atoms with Crippen molar-refractivity contribution in [1.29, 1.82) is 0 Å². The van der Waals surface area contributed by atoms with Crippen molar-refractivity contribution in [3.05, 3.63) is 70.3 Å². The number of hydrogen-bond acceptors (Lipinski definition) is 4. The van der Waals surface area contributed by atoms with Gasteiger partial charge in [-0.1, -0.05) is 29.8 Å². The van der Waals surface area contributed by atoms with Crippen LogP contribution in [0.25, 0.3) is 6.08 Å². The van der Waals surface area contributed by atoms with Crippen molar-refractivity contribution >= 4 is 33.7 Å². The second kappa shape index (κ2) is 8.90. The molecule has 0 spiro atoms. The number of carbonyl (C=O) groups is 1. The summed E-state index contributed by atoms with van der Waals surface area (Å²) < 4.78 is 32.4. The van der Waals surface area contributed by atoms with Gasteiger partial charge in [0.25, 0.3) is 0 Å². The van der Waals surface area contributed by atoms with Crippen LogP contribution in [0.4, 0.5) is 0 Å². The van der Waals surface area contributed by atoms with E-state index in [9.17, 15) is 13.2 Å². The van der Waals surface area contributed by atoms with Crippen LogP contribution in [0.3, 0.4) is 0 Å². The molecule has 7 heteroatoms. The molecule has 1 unspecified atom stereocenters. The Morgan fingerprint density at radius 2 is 1.89 bits per heavy atom. The van der Waals surface area contributed by atoms with Gasteiger partial charge < -0.3 is 4.74 Å². The van der Waals surface area contributed by atoms with Gasteiger partial charge in [-0.25, -0.2) is 17.9 Å². The van der Waals surface area contributed by atoms with E-state index < -0.39 is 10.0 Å². The molecule has 3 rings (SSSR count). The number of halogens is 1. The Morgan fingerprint density at radius 1 is 1.18 bits per heavy atom. The summed E-state index contributed by atoms with van der Waals surface area (Å²) >= 11 is 5.82. The molecule has 1 aliphatic rings. The minimum atomic E-state index is -3.55. The summed E-state index contributed by atoms with van der Waals surface area (Å²) in [5.41, 5.74) is 3.32. The Morgan fingerprint density at radius 3 is 2.61 bits per heavy atom. The maximum absolute atomic E-state index is 12.4. The average Bonchev–Trinajstić information content (AvgIpc) is 3.08. The van der Waals surface area contributed by atoms with Gasteiger partial charge >= 0.3 is 5.97 Å². The van der Waals surface area contributed by atoms with E-state index in [0.29, 0.717) is 18.2 Å². The lowest BCUT2D eigenvalue weighted by Crippen LogP contribution is -2.29. The quantitative estimate of drug-likeness (QED) is 0.549. The van der Waals surface area contributed by atoms with Gasteiger partial charge in [0.05, 0.1) is 11.5 Å². The molecule has 0 amide bonds. The first kappa shape index (κ1) is 20.6. The van der Waals surface area contributed by atoms with Gasteiger partial charge in [-0.05, 0) is 72.7 Å². The zero-order valence-electron chi connectivity index (χ0n) is 15.5. The van der Waals surface area contributed by atoms with E-state index in [4.69, 9.17) is 16.3 Å². The summed E-state index contributed by atoms with van der Waals surface area (Å²) in [6, 6.07) is 12.1. The van der Waals surface area contributed by atoms with Crippen molar-refractivity contribution < 1.29 is 17.9 Å². The molecule has 5 nitrogen and oxygen atoms in total. The molecule has 0 bridgehead atoms. The van der Waals surface area contributed by atoms with Gasteiger partial charge in [-0.3, -0.25) is 0 Å². The molecule has 1 N–H and O–H groups in total. The van der Waals surface area contributed by atoms with Gasteiger partial charge in [0.2, 0.25) is 10.0 Å². The highest BCUT2D eigenvalue weighted by Crippen LogP contribution is 2.28. The predicted molar refractivity (Wildman–Crippen MR) is 110 cm³/mol. The largest absolute Gasteiger partial charge is 0.463 e. The van der Waals surface area contributed by atoms with Gasteiger partial charge in [-0.15, -0.1) is 0 Å². The number of hydrogen-bond donors (Lipinski definition) is 1. The first-order valence-corrected chi connectivity index (χ1v) is 11.0. The molecule has 0 radical (unpaired) electrons. The summed E-state index contributed by atoms with van der Waals surface area (Å²) in [7, 11) is -3.55. The fourth-order valence-electron chi connectivity index (χ4n) is 3.26. The van der Waals surface area contributed by atoms with E-state index in [1.807, 2.05) is 18.2 Å². The molecule has 0 aliphatic heterocycles. The highest BCUT2D eigenvalue weighted by molar-refractivity contribution is 7.89. The first-order valence-electron chi connectivity index (χ1n) is 9.09. The Bertz CT molecular complexity index is 984. The lowest BCUT2D eigenvalue weighted by atomic mass is 10.1. The summed E-state index contributed by atoms with van der Waals surface area (Å²) in [6.07, 6.45) is 4.76. The molecular weight excluding hydrogens is 398 g/mol. The highest BCUT2D eigenvalue weighted by atomic mass is 35.5. The van der Waals surface area contributed by atoms with Crippen molar-refractivity contribution in [3.8, 4) is 0 Å². The van der Waals surface area contributed by atoms with Crippen LogP contribution < -0.4 is 4.72 Å². The van der Waals surface area contributed by atoms with E-state index >= 15 is 0 Å². The van der Waals surface area contributed by atoms with E-state index in [2.05, 4.69) is 4.72 Å². The van der Waals surface area contributed by atoms with Crippen LogP contribution >= 0.6 is 11.6 Å². The van der Waals surface area contributed by atoms with Gasteiger partial charge in [0.1, 0.15) is 0 Å². The third kappa shape index (κ3) is 5.22. The summed E-state index contributed by atoms with van der Waals surface area (Å²) in [5, 5.41) is 0.498. The average molecular weight is 420 g/mol. The molecule has 2 aromatic carbocycles. The molecule has 0 aromatic heterocycles. The molecule has 0 saturated carbocycles. The Kier molecular flexibility index (Phi) is 6.54. The lowest BCUT2D eigenvalue weighted by Gasteiger charge is -2.11.